The van der Waals surface area contributed by atoms with Gasteiger partial charge in [0.2, 0.25) is 0 Å². The van der Waals surface area contributed by atoms with Crippen molar-refractivity contribution in [1.29, 1.82) is 0 Å². The van der Waals surface area contributed by atoms with Crippen molar-refractivity contribution in [3.63, 3.8) is 0 Å². The summed E-state index contributed by atoms with van der Waals surface area (Å²) in [6.45, 7) is 0. The molecular formula is C11H11F3O3S. The van der Waals surface area contributed by atoms with E-state index in [1.165, 1.54) is 12.1 Å². The molecule has 18 heavy (non-hydrogen) atoms. The van der Waals surface area contributed by atoms with Gasteiger partial charge in [-0.25, -0.2) is 8.42 Å². The van der Waals surface area contributed by atoms with E-state index in [0.29, 0.717) is 0 Å². The molecule has 1 N–H and O–H groups in total. The first-order valence-corrected chi connectivity index (χ1v) is 7.06. The molecule has 100 valence electrons. The van der Waals surface area contributed by atoms with Crippen LogP contribution in [0, 0.1) is 0 Å². The maximum absolute atomic E-state index is 12.8. The number of hydrogen-bond acceptors (Lipinski definition) is 3. The molecule has 0 saturated carbocycles. The van der Waals surface area contributed by atoms with Crippen molar-refractivity contribution in [1.82, 2.24) is 0 Å². The van der Waals surface area contributed by atoms with Gasteiger partial charge in [0.15, 0.2) is 9.84 Å². The van der Waals surface area contributed by atoms with Crippen LogP contribution in [-0.4, -0.2) is 25.0 Å². The fraction of sp³-hybridized carbons (Fsp3) is 0.455. The number of rotatable bonds is 1. The lowest BCUT2D eigenvalue weighted by atomic mass is 9.89. The Bertz CT molecular complexity index is 565. The van der Waals surface area contributed by atoms with Gasteiger partial charge >= 0.3 is 6.18 Å². The van der Waals surface area contributed by atoms with Gasteiger partial charge in [-0.2, -0.15) is 13.2 Å². The third-order valence-corrected chi connectivity index (χ3v) is 4.76. The molecule has 1 aliphatic rings. The fourth-order valence-electron chi connectivity index (χ4n) is 2.18. The summed E-state index contributed by atoms with van der Waals surface area (Å²) >= 11 is 0. The average molecular weight is 280 g/mol. The zero-order valence-corrected chi connectivity index (χ0v) is 10.1. The van der Waals surface area contributed by atoms with Crippen LogP contribution in [0.25, 0.3) is 0 Å². The van der Waals surface area contributed by atoms with E-state index >= 15 is 0 Å². The lowest BCUT2D eigenvalue weighted by molar-refractivity contribution is -0.140. The minimum absolute atomic E-state index is 0.206. The van der Waals surface area contributed by atoms with Crippen molar-refractivity contribution in [2.75, 3.05) is 11.5 Å². The number of benzene rings is 1. The highest BCUT2D eigenvalue weighted by molar-refractivity contribution is 7.91. The summed E-state index contributed by atoms with van der Waals surface area (Å²) in [5, 5.41) is 10.2. The van der Waals surface area contributed by atoms with E-state index < -0.39 is 32.9 Å². The van der Waals surface area contributed by atoms with Gasteiger partial charge in [-0.05, 0) is 18.1 Å². The second kappa shape index (κ2) is 3.96. The lowest BCUT2D eigenvalue weighted by Crippen LogP contribution is -2.30. The molecule has 7 heteroatoms. The van der Waals surface area contributed by atoms with Crippen LogP contribution in [0.2, 0.25) is 0 Å². The van der Waals surface area contributed by atoms with Crippen molar-refractivity contribution in [2.45, 2.75) is 18.2 Å². The Kier molecular flexibility index (Phi) is 2.94. The van der Waals surface area contributed by atoms with E-state index in [2.05, 4.69) is 0 Å². The summed E-state index contributed by atoms with van der Waals surface area (Å²) in [5.74, 6) is -0.956. The zero-order chi connectivity index (χ0) is 13.6. The van der Waals surface area contributed by atoms with E-state index in [4.69, 9.17) is 0 Å². The first kappa shape index (κ1) is 13.4. The number of halogens is 3. The van der Waals surface area contributed by atoms with E-state index in [1.54, 1.807) is 0 Å². The molecule has 0 amide bonds. The molecule has 0 aliphatic carbocycles. The van der Waals surface area contributed by atoms with Crippen molar-refractivity contribution in [3.05, 3.63) is 35.4 Å². The first-order valence-electron chi connectivity index (χ1n) is 5.24. The fourth-order valence-corrected chi connectivity index (χ4v) is 4.00. The third kappa shape index (κ3) is 2.37. The van der Waals surface area contributed by atoms with Gasteiger partial charge < -0.3 is 5.11 Å². The Balaban J connectivity index is 2.53. The van der Waals surface area contributed by atoms with Crippen molar-refractivity contribution < 1.29 is 26.7 Å². The van der Waals surface area contributed by atoms with Gasteiger partial charge in [-0.3, -0.25) is 0 Å². The molecule has 0 radical (unpaired) electrons. The van der Waals surface area contributed by atoms with Crippen LogP contribution in [0.15, 0.2) is 24.3 Å². The Morgan fingerprint density at radius 1 is 1.22 bits per heavy atom. The number of hydrogen-bond donors (Lipinski definition) is 1. The molecule has 1 fully saturated rings. The third-order valence-electron chi connectivity index (χ3n) is 3.02. The molecule has 1 aromatic carbocycles. The van der Waals surface area contributed by atoms with Crippen LogP contribution < -0.4 is 0 Å². The summed E-state index contributed by atoms with van der Waals surface area (Å²) in [4.78, 5) is 0. The second-order valence-electron chi connectivity index (χ2n) is 4.42. The first-order chi connectivity index (χ1) is 8.14. The number of alkyl halides is 3. The molecule has 3 nitrogen and oxygen atoms in total. The Hall–Kier alpha value is -1.08. The largest absolute Gasteiger partial charge is 0.416 e. The Morgan fingerprint density at radius 3 is 2.33 bits per heavy atom. The summed E-state index contributed by atoms with van der Waals surface area (Å²) < 4.78 is 61.1. The van der Waals surface area contributed by atoms with Crippen molar-refractivity contribution >= 4 is 9.84 Å². The SMILES string of the molecule is O=S1(=O)CCC(O)(c2ccccc2C(F)(F)F)C1. The molecular weight excluding hydrogens is 269 g/mol. The van der Waals surface area contributed by atoms with E-state index in [-0.39, 0.29) is 17.7 Å². The molecule has 0 spiro atoms. The van der Waals surface area contributed by atoms with Crippen LogP contribution in [0.1, 0.15) is 17.5 Å². The molecule has 1 heterocycles. The standard InChI is InChI=1S/C11H11F3O3S/c12-11(13,14)9-4-2-1-3-8(9)10(15)5-6-18(16,17)7-10/h1-4,15H,5-7H2. The van der Waals surface area contributed by atoms with Crippen LogP contribution in [0.5, 0.6) is 0 Å². The summed E-state index contributed by atoms with van der Waals surface area (Å²) in [5.41, 5.74) is -3.28. The quantitative estimate of drug-likeness (QED) is 0.852. The molecule has 0 bridgehead atoms. The highest BCUT2D eigenvalue weighted by atomic mass is 32.2. The predicted octanol–water partition coefficient (Wildman–Crippen LogP) is 1.71. The molecule has 1 aromatic rings. The molecule has 1 saturated heterocycles. The van der Waals surface area contributed by atoms with Crippen molar-refractivity contribution in [2.24, 2.45) is 0 Å². The van der Waals surface area contributed by atoms with Crippen molar-refractivity contribution in [3.8, 4) is 0 Å². The van der Waals surface area contributed by atoms with Crippen LogP contribution in [-0.2, 0) is 21.6 Å². The molecule has 1 aliphatic heterocycles. The van der Waals surface area contributed by atoms with Crippen LogP contribution in [0.3, 0.4) is 0 Å². The summed E-state index contributed by atoms with van der Waals surface area (Å²) in [7, 11) is -3.48. The number of aliphatic hydroxyl groups is 1. The maximum Gasteiger partial charge on any atom is 0.416 e. The van der Waals surface area contributed by atoms with E-state index in [1.807, 2.05) is 0 Å². The van der Waals surface area contributed by atoms with Crippen LogP contribution >= 0.6 is 0 Å². The number of sulfone groups is 1. The maximum atomic E-state index is 12.8. The predicted molar refractivity (Wildman–Crippen MR) is 58.6 cm³/mol. The van der Waals surface area contributed by atoms with E-state index in [0.717, 1.165) is 12.1 Å². The van der Waals surface area contributed by atoms with Gasteiger partial charge in [-0.1, -0.05) is 18.2 Å². The Labute approximate surface area is 102 Å². The normalized spacial score (nSPS) is 27.3. The van der Waals surface area contributed by atoms with Gasteiger partial charge in [0.1, 0.15) is 5.60 Å². The highest BCUT2D eigenvalue weighted by Crippen LogP contribution is 2.41. The molecule has 0 aromatic heterocycles. The molecule has 2 rings (SSSR count). The van der Waals surface area contributed by atoms with Crippen LogP contribution in [0.4, 0.5) is 13.2 Å². The van der Waals surface area contributed by atoms with E-state index in [9.17, 15) is 26.7 Å². The van der Waals surface area contributed by atoms with Gasteiger partial charge in [-0.15, -0.1) is 0 Å². The molecule has 1 atom stereocenters. The van der Waals surface area contributed by atoms with Gasteiger partial charge in [0, 0.05) is 0 Å². The lowest BCUT2D eigenvalue weighted by Gasteiger charge is -2.25. The Morgan fingerprint density at radius 2 is 1.83 bits per heavy atom. The summed E-state index contributed by atoms with van der Waals surface area (Å²) in [6, 6.07) is 4.54. The average Bonchev–Trinajstić information content (AvgIpc) is 2.53. The molecule has 1 unspecified atom stereocenters. The second-order valence-corrected chi connectivity index (χ2v) is 6.60. The van der Waals surface area contributed by atoms with Gasteiger partial charge in [0.05, 0.1) is 17.1 Å². The zero-order valence-electron chi connectivity index (χ0n) is 9.24. The summed E-state index contributed by atoms with van der Waals surface area (Å²) in [6.07, 6.45) is -4.82. The topological polar surface area (TPSA) is 54.4 Å². The minimum Gasteiger partial charge on any atom is -0.384 e. The highest BCUT2D eigenvalue weighted by Gasteiger charge is 2.46. The smallest absolute Gasteiger partial charge is 0.384 e. The van der Waals surface area contributed by atoms with Gasteiger partial charge in [0.25, 0.3) is 0 Å². The minimum atomic E-state index is -4.61. The monoisotopic (exact) mass is 280 g/mol.